The van der Waals surface area contributed by atoms with Crippen LogP contribution in [0.25, 0.3) is 0 Å². The molecule has 226 valence electrons. The van der Waals surface area contributed by atoms with E-state index in [1.165, 1.54) is 4.90 Å². The van der Waals surface area contributed by atoms with Crippen LogP contribution >= 0.6 is 0 Å². The molecule has 7 atom stereocenters. The van der Waals surface area contributed by atoms with Crippen molar-refractivity contribution in [3.8, 4) is 5.75 Å². The van der Waals surface area contributed by atoms with E-state index in [0.29, 0.717) is 57.2 Å². The Morgan fingerprint density at radius 2 is 1.88 bits per heavy atom. The molecule has 11 heteroatoms. The molecule has 3 N–H and O–H groups in total. The Morgan fingerprint density at radius 1 is 1.17 bits per heavy atom. The Morgan fingerprint density at radius 3 is 2.51 bits per heavy atom. The summed E-state index contributed by atoms with van der Waals surface area (Å²) in [6.07, 6.45) is 0.950. The van der Waals surface area contributed by atoms with Gasteiger partial charge in [-0.25, -0.2) is 0 Å². The SMILES string of the molecule is CCOc1ccc(NC(=O)[C@H]2[C@H]3C(=O)N([C@@H](CC)CO)C(C(=O)NCCN4CCOCC4)C34CC(C)[C@]2(C)O4)cc1. The molecule has 41 heavy (non-hydrogen) atoms. The molecule has 0 saturated carbocycles. The van der Waals surface area contributed by atoms with Gasteiger partial charge in [0.25, 0.3) is 0 Å². The highest BCUT2D eigenvalue weighted by atomic mass is 16.5. The van der Waals surface area contributed by atoms with E-state index in [-0.39, 0.29) is 30.2 Å². The first-order valence-corrected chi connectivity index (χ1v) is 14.9. The van der Waals surface area contributed by atoms with Gasteiger partial charge in [-0.2, -0.15) is 0 Å². The minimum Gasteiger partial charge on any atom is -0.494 e. The number of nitrogens with zero attached hydrogens (tertiary/aromatic N) is 2. The second-order valence-electron chi connectivity index (χ2n) is 11.9. The van der Waals surface area contributed by atoms with Gasteiger partial charge in [-0.15, -0.1) is 0 Å². The average Bonchev–Trinajstić information content (AvgIpc) is 3.48. The van der Waals surface area contributed by atoms with Gasteiger partial charge in [-0.3, -0.25) is 19.3 Å². The van der Waals surface area contributed by atoms with Gasteiger partial charge in [0.1, 0.15) is 17.4 Å². The van der Waals surface area contributed by atoms with Crippen LogP contribution in [0.3, 0.4) is 0 Å². The molecule has 4 aliphatic heterocycles. The highest BCUT2D eigenvalue weighted by Gasteiger charge is 2.80. The van der Waals surface area contributed by atoms with Crippen LogP contribution in [0.4, 0.5) is 5.69 Å². The zero-order valence-electron chi connectivity index (χ0n) is 24.6. The fraction of sp³-hybridized carbons (Fsp3) is 0.700. The monoisotopic (exact) mass is 572 g/mol. The number of aliphatic hydroxyl groups excluding tert-OH is 1. The van der Waals surface area contributed by atoms with Crippen LogP contribution in [0.5, 0.6) is 5.75 Å². The lowest BCUT2D eigenvalue weighted by molar-refractivity contribution is -0.150. The predicted molar refractivity (Wildman–Crippen MR) is 151 cm³/mol. The molecule has 2 bridgehead atoms. The summed E-state index contributed by atoms with van der Waals surface area (Å²) in [5, 5.41) is 16.3. The van der Waals surface area contributed by atoms with Gasteiger partial charge in [0, 0.05) is 31.9 Å². The van der Waals surface area contributed by atoms with E-state index >= 15 is 0 Å². The zero-order chi connectivity index (χ0) is 29.4. The second kappa shape index (κ2) is 11.9. The summed E-state index contributed by atoms with van der Waals surface area (Å²) in [6.45, 7) is 12.0. The number of benzene rings is 1. The Bertz CT molecular complexity index is 1120. The van der Waals surface area contributed by atoms with Crippen molar-refractivity contribution in [2.45, 2.75) is 63.8 Å². The van der Waals surface area contributed by atoms with Crippen LogP contribution in [0, 0.1) is 17.8 Å². The number of amides is 3. The Balaban J connectivity index is 1.42. The number of morpholine rings is 1. The van der Waals surface area contributed by atoms with E-state index in [9.17, 15) is 19.5 Å². The number of hydrogen-bond donors (Lipinski definition) is 3. The van der Waals surface area contributed by atoms with Crippen molar-refractivity contribution >= 4 is 23.4 Å². The number of hydrogen-bond acceptors (Lipinski definition) is 8. The van der Waals surface area contributed by atoms with Crippen LogP contribution in [-0.4, -0.2) is 109 Å². The Labute approximate surface area is 241 Å². The quantitative estimate of drug-likeness (QED) is 0.362. The number of carbonyl (C=O) groups is 3. The normalized spacial score (nSPS) is 33.5. The average molecular weight is 573 g/mol. The number of anilines is 1. The smallest absolute Gasteiger partial charge is 0.245 e. The molecule has 3 unspecified atom stereocenters. The molecule has 0 aromatic heterocycles. The minimum atomic E-state index is -1.16. The third kappa shape index (κ3) is 5.11. The molecule has 1 aromatic carbocycles. The predicted octanol–water partition coefficient (Wildman–Crippen LogP) is 1.25. The maximum absolute atomic E-state index is 14.2. The van der Waals surface area contributed by atoms with Gasteiger partial charge in [0.2, 0.25) is 17.7 Å². The number of likely N-dealkylation sites (tertiary alicyclic amines) is 1. The van der Waals surface area contributed by atoms with E-state index in [1.54, 1.807) is 24.3 Å². The molecule has 4 heterocycles. The van der Waals surface area contributed by atoms with Crippen molar-refractivity contribution in [1.29, 1.82) is 0 Å². The van der Waals surface area contributed by atoms with E-state index in [0.717, 1.165) is 13.1 Å². The van der Waals surface area contributed by atoms with Crippen LogP contribution in [-0.2, 0) is 23.9 Å². The summed E-state index contributed by atoms with van der Waals surface area (Å²) in [4.78, 5) is 45.9. The van der Waals surface area contributed by atoms with Gasteiger partial charge in [-0.1, -0.05) is 13.8 Å². The third-order valence-corrected chi connectivity index (χ3v) is 9.62. The van der Waals surface area contributed by atoms with E-state index in [1.807, 2.05) is 27.7 Å². The maximum Gasteiger partial charge on any atom is 0.245 e. The second-order valence-corrected chi connectivity index (χ2v) is 11.9. The molecule has 1 aromatic rings. The number of aliphatic hydroxyl groups is 1. The standard InChI is InChI=1S/C30H44N4O7/c1-5-21(18-35)34-25(27(37)31-11-12-33-13-15-39-16-14-33)30-17-19(3)29(4,41-30)23(24(30)28(34)38)26(36)32-20-7-9-22(10-8-20)40-6-2/h7-10,19,21,23-25,35H,5-6,11-18H2,1-4H3,(H,31,37)(H,32,36)/t19?,21-,23+,24-,25?,29-,30?/m0/s1. The van der Waals surface area contributed by atoms with Crippen molar-refractivity contribution in [3.05, 3.63) is 24.3 Å². The van der Waals surface area contributed by atoms with E-state index in [2.05, 4.69) is 15.5 Å². The molecule has 4 aliphatic rings. The maximum atomic E-state index is 14.2. The lowest BCUT2D eigenvalue weighted by Gasteiger charge is -2.37. The summed E-state index contributed by atoms with van der Waals surface area (Å²) in [6, 6.07) is 5.62. The highest BCUT2D eigenvalue weighted by molar-refractivity contribution is 6.02. The lowest BCUT2D eigenvalue weighted by atomic mass is 9.62. The largest absolute Gasteiger partial charge is 0.494 e. The van der Waals surface area contributed by atoms with Gasteiger partial charge < -0.3 is 34.9 Å². The Hall–Kier alpha value is -2.73. The molecule has 3 amide bonds. The number of fused-ring (bicyclic) bond motifs is 1. The fourth-order valence-electron chi connectivity index (χ4n) is 7.46. The topological polar surface area (TPSA) is 130 Å². The summed E-state index contributed by atoms with van der Waals surface area (Å²) in [7, 11) is 0. The molecule has 0 aliphatic carbocycles. The van der Waals surface area contributed by atoms with Crippen molar-refractivity contribution in [2.24, 2.45) is 17.8 Å². The molecule has 11 nitrogen and oxygen atoms in total. The number of nitrogens with one attached hydrogen (secondary N) is 2. The summed E-state index contributed by atoms with van der Waals surface area (Å²) in [5.74, 6) is -1.91. The number of ether oxygens (including phenoxy) is 3. The number of carbonyl (C=O) groups excluding carboxylic acids is 3. The van der Waals surface area contributed by atoms with Crippen LogP contribution in [0.1, 0.15) is 40.5 Å². The molecular formula is C30H44N4O7. The van der Waals surface area contributed by atoms with Crippen molar-refractivity contribution < 1.29 is 33.7 Å². The first kappa shape index (κ1) is 29.8. The minimum absolute atomic E-state index is 0.0690. The molecule has 5 rings (SSSR count). The molecule has 4 fully saturated rings. The van der Waals surface area contributed by atoms with Gasteiger partial charge >= 0.3 is 0 Å². The fourth-order valence-corrected chi connectivity index (χ4v) is 7.46. The van der Waals surface area contributed by atoms with Crippen molar-refractivity contribution in [3.63, 3.8) is 0 Å². The van der Waals surface area contributed by atoms with Crippen LogP contribution in [0.2, 0.25) is 0 Å². The summed E-state index contributed by atoms with van der Waals surface area (Å²) >= 11 is 0. The molecule has 0 radical (unpaired) electrons. The summed E-state index contributed by atoms with van der Waals surface area (Å²) < 4.78 is 17.7. The zero-order valence-corrected chi connectivity index (χ0v) is 24.6. The van der Waals surface area contributed by atoms with Gasteiger partial charge in [0.05, 0.1) is 49.9 Å². The van der Waals surface area contributed by atoms with E-state index in [4.69, 9.17) is 14.2 Å². The lowest BCUT2D eigenvalue weighted by Crippen LogP contribution is -2.58. The van der Waals surface area contributed by atoms with Gasteiger partial charge in [-0.05, 0) is 56.9 Å². The molecular weight excluding hydrogens is 528 g/mol. The first-order valence-electron chi connectivity index (χ1n) is 14.9. The molecule has 1 spiro atoms. The van der Waals surface area contributed by atoms with Crippen LogP contribution in [0.15, 0.2) is 24.3 Å². The molecule has 4 saturated heterocycles. The third-order valence-electron chi connectivity index (χ3n) is 9.62. The van der Waals surface area contributed by atoms with Crippen molar-refractivity contribution in [2.75, 3.05) is 57.9 Å². The van der Waals surface area contributed by atoms with Crippen molar-refractivity contribution in [1.82, 2.24) is 15.1 Å². The van der Waals surface area contributed by atoms with Gasteiger partial charge in [0.15, 0.2) is 0 Å². The Kier molecular flexibility index (Phi) is 8.61. The first-order chi connectivity index (χ1) is 19.7. The van der Waals surface area contributed by atoms with E-state index < -0.39 is 35.1 Å². The number of rotatable bonds is 11. The van der Waals surface area contributed by atoms with Crippen LogP contribution < -0.4 is 15.4 Å². The summed E-state index contributed by atoms with van der Waals surface area (Å²) in [5.41, 5.74) is -1.49. The highest BCUT2D eigenvalue weighted by Crippen LogP contribution is 2.65.